The van der Waals surface area contributed by atoms with Crippen molar-refractivity contribution in [3.63, 3.8) is 0 Å². The Labute approximate surface area is 104 Å². The zero-order valence-electron chi connectivity index (χ0n) is 9.04. The fourth-order valence-electron chi connectivity index (χ4n) is 2.17. The molecule has 1 aliphatic heterocycles. The van der Waals surface area contributed by atoms with E-state index in [-0.39, 0.29) is 11.5 Å². The minimum Gasteiger partial charge on any atom is -0.504 e. The van der Waals surface area contributed by atoms with E-state index in [1.54, 1.807) is 6.07 Å². The van der Waals surface area contributed by atoms with Crippen molar-refractivity contribution >= 4 is 15.9 Å². The van der Waals surface area contributed by atoms with Crippen LogP contribution in [0.5, 0.6) is 11.5 Å². The second-order valence-electron chi connectivity index (χ2n) is 4.29. The molecule has 1 aromatic rings. The fraction of sp³-hybridized carbons (Fsp3) is 0.500. The number of phenols is 2. The van der Waals surface area contributed by atoms with Crippen molar-refractivity contribution in [2.45, 2.75) is 19.3 Å². The summed E-state index contributed by atoms with van der Waals surface area (Å²) in [5.41, 5.74) is 0.826. The number of nitrogens with one attached hydrogen (secondary N) is 1. The molecule has 0 spiro atoms. The fourth-order valence-corrected chi connectivity index (χ4v) is 2.65. The molecule has 88 valence electrons. The molecule has 1 aliphatic rings. The maximum absolute atomic E-state index is 9.81. The third-order valence-corrected chi connectivity index (χ3v) is 3.90. The van der Waals surface area contributed by atoms with E-state index >= 15 is 0 Å². The lowest BCUT2D eigenvalue weighted by molar-refractivity contribution is 0.359. The van der Waals surface area contributed by atoms with Gasteiger partial charge in [0.2, 0.25) is 0 Å². The summed E-state index contributed by atoms with van der Waals surface area (Å²) in [6.07, 6.45) is 3.07. The van der Waals surface area contributed by atoms with Crippen molar-refractivity contribution in [2.24, 2.45) is 5.92 Å². The van der Waals surface area contributed by atoms with Crippen LogP contribution in [-0.2, 0) is 6.42 Å². The van der Waals surface area contributed by atoms with Gasteiger partial charge in [0.25, 0.3) is 0 Å². The van der Waals surface area contributed by atoms with E-state index in [4.69, 9.17) is 0 Å². The normalized spacial score (nSPS) is 17.6. The van der Waals surface area contributed by atoms with E-state index in [2.05, 4.69) is 21.2 Å². The zero-order valence-corrected chi connectivity index (χ0v) is 10.6. The minimum atomic E-state index is -0.0351. The van der Waals surface area contributed by atoms with Gasteiger partial charge in [-0.25, -0.2) is 0 Å². The molecule has 0 aromatic heterocycles. The molecular weight excluding hydrogens is 270 g/mol. The lowest BCUT2D eigenvalue weighted by atomic mass is 9.90. The van der Waals surface area contributed by atoms with Crippen LogP contribution in [0.4, 0.5) is 0 Å². The number of hydrogen-bond acceptors (Lipinski definition) is 3. The molecule has 0 bridgehead atoms. The summed E-state index contributed by atoms with van der Waals surface area (Å²) in [4.78, 5) is 0. The van der Waals surface area contributed by atoms with E-state index in [1.807, 2.05) is 0 Å². The molecule has 3 nitrogen and oxygen atoms in total. The van der Waals surface area contributed by atoms with Crippen LogP contribution in [0.3, 0.4) is 0 Å². The summed E-state index contributed by atoms with van der Waals surface area (Å²) in [6.45, 7) is 2.09. The Balaban J connectivity index is 2.16. The van der Waals surface area contributed by atoms with Gasteiger partial charge in [0.1, 0.15) is 0 Å². The standard InChI is InChI=1S/C12H16BrNO2/c13-10-1-2-11(15)12(16)9(10)7-8-3-5-14-6-4-8/h1-2,8,14-16H,3-7H2. The SMILES string of the molecule is Oc1ccc(Br)c(CC2CCNCC2)c1O. The Morgan fingerprint density at radius 3 is 2.62 bits per heavy atom. The Bertz CT molecular complexity index is 376. The number of piperidine rings is 1. The third-order valence-electron chi connectivity index (χ3n) is 3.16. The molecule has 0 aliphatic carbocycles. The van der Waals surface area contributed by atoms with Crippen LogP contribution in [0.15, 0.2) is 16.6 Å². The Kier molecular flexibility index (Phi) is 3.71. The van der Waals surface area contributed by atoms with Gasteiger partial charge in [0.05, 0.1) is 0 Å². The molecule has 3 N–H and O–H groups in total. The van der Waals surface area contributed by atoms with Crippen LogP contribution in [0, 0.1) is 5.92 Å². The maximum atomic E-state index is 9.81. The van der Waals surface area contributed by atoms with Gasteiger partial charge >= 0.3 is 0 Å². The van der Waals surface area contributed by atoms with Crippen molar-refractivity contribution < 1.29 is 10.2 Å². The summed E-state index contributed by atoms with van der Waals surface area (Å²) in [6, 6.07) is 3.29. The highest BCUT2D eigenvalue weighted by Gasteiger charge is 2.18. The lowest BCUT2D eigenvalue weighted by Crippen LogP contribution is -2.28. The molecule has 1 aromatic carbocycles. The quantitative estimate of drug-likeness (QED) is 0.732. The van der Waals surface area contributed by atoms with Crippen molar-refractivity contribution in [1.29, 1.82) is 0 Å². The van der Waals surface area contributed by atoms with Crippen LogP contribution >= 0.6 is 15.9 Å². The number of phenolic OH excluding ortho intramolecular Hbond substituents is 2. The van der Waals surface area contributed by atoms with E-state index < -0.39 is 0 Å². The second kappa shape index (κ2) is 5.06. The van der Waals surface area contributed by atoms with E-state index in [9.17, 15) is 10.2 Å². The van der Waals surface area contributed by atoms with Crippen molar-refractivity contribution in [1.82, 2.24) is 5.32 Å². The molecule has 1 fully saturated rings. The summed E-state index contributed by atoms with van der Waals surface area (Å²) in [5, 5.41) is 22.6. The number of benzene rings is 1. The molecular formula is C12H16BrNO2. The second-order valence-corrected chi connectivity index (χ2v) is 5.15. The molecule has 0 amide bonds. The lowest BCUT2D eigenvalue weighted by Gasteiger charge is -2.23. The smallest absolute Gasteiger partial charge is 0.161 e. The number of hydrogen-bond donors (Lipinski definition) is 3. The van der Waals surface area contributed by atoms with Crippen LogP contribution in [-0.4, -0.2) is 23.3 Å². The first-order valence-electron chi connectivity index (χ1n) is 5.58. The molecule has 4 heteroatoms. The molecule has 1 saturated heterocycles. The molecule has 0 radical (unpaired) electrons. The van der Waals surface area contributed by atoms with Gasteiger partial charge in [-0.3, -0.25) is 0 Å². The first-order chi connectivity index (χ1) is 7.68. The van der Waals surface area contributed by atoms with Gasteiger partial charge in [-0.2, -0.15) is 0 Å². The summed E-state index contributed by atoms with van der Waals surface area (Å²) in [7, 11) is 0. The third kappa shape index (κ3) is 2.50. The van der Waals surface area contributed by atoms with E-state index in [0.29, 0.717) is 5.92 Å². The first-order valence-corrected chi connectivity index (χ1v) is 6.38. The molecule has 16 heavy (non-hydrogen) atoms. The predicted octanol–water partition coefficient (Wildman–Crippen LogP) is 2.40. The zero-order chi connectivity index (χ0) is 11.5. The Morgan fingerprint density at radius 2 is 1.94 bits per heavy atom. The van der Waals surface area contributed by atoms with Gasteiger partial charge in [0.15, 0.2) is 11.5 Å². The van der Waals surface area contributed by atoms with E-state index in [1.165, 1.54) is 6.07 Å². The summed E-state index contributed by atoms with van der Waals surface area (Å²) in [5.74, 6) is 0.574. The van der Waals surface area contributed by atoms with Crippen molar-refractivity contribution in [3.05, 3.63) is 22.2 Å². The van der Waals surface area contributed by atoms with Crippen LogP contribution in [0.2, 0.25) is 0 Å². The van der Waals surface area contributed by atoms with Gasteiger partial charge < -0.3 is 15.5 Å². The number of rotatable bonds is 2. The minimum absolute atomic E-state index is 0.0212. The average molecular weight is 286 g/mol. The molecule has 0 atom stereocenters. The number of aromatic hydroxyl groups is 2. The predicted molar refractivity (Wildman–Crippen MR) is 66.8 cm³/mol. The largest absolute Gasteiger partial charge is 0.504 e. The Morgan fingerprint density at radius 1 is 1.25 bits per heavy atom. The molecule has 2 rings (SSSR count). The van der Waals surface area contributed by atoms with Crippen LogP contribution in [0.1, 0.15) is 18.4 Å². The molecule has 0 saturated carbocycles. The Hall–Kier alpha value is -0.740. The average Bonchev–Trinajstić information content (AvgIpc) is 2.31. The topological polar surface area (TPSA) is 52.5 Å². The summed E-state index contributed by atoms with van der Waals surface area (Å²) >= 11 is 3.42. The maximum Gasteiger partial charge on any atom is 0.161 e. The molecule has 0 unspecified atom stereocenters. The van der Waals surface area contributed by atoms with Gasteiger partial charge in [0, 0.05) is 10.0 Å². The highest BCUT2D eigenvalue weighted by molar-refractivity contribution is 9.10. The van der Waals surface area contributed by atoms with Gasteiger partial charge in [-0.1, -0.05) is 15.9 Å². The summed E-state index contributed by atoms with van der Waals surface area (Å²) < 4.78 is 0.876. The molecule has 1 heterocycles. The monoisotopic (exact) mass is 285 g/mol. The van der Waals surface area contributed by atoms with Crippen LogP contribution in [0.25, 0.3) is 0 Å². The van der Waals surface area contributed by atoms with Gasteiger partial charge in [-0.05, 0) is 50.4 Å². The first kappa shape index (κ1) is 11.7. The highest BCUT2D eigenvalue weighted by Crippen LogP contribution is 2.36. The van der Waals surface area contributed by atoms with Crippen molar-refractivity contribution in [2.75, 3.05) is 13.1 Å². The van der Waals surface area contributed by atoms with Crippen molar-refractivity contribution in [3.8, 4) is 11.5 Å². The van der Waals surface area contributed by atoms with Crippen LogP contribution < -0.4 is 5.32 Å². The van der Waals surface area contributed by atoms with E-state index in [0.717, 1.165) is 42.4 Å². The van der Waals surface area contributed by atoms with Gasteiger partial charge in [-0.15, -0.1) is 0 Å². The number of halogens is 1. The highest BCUT2D eigenvalue weighted by atomic mass is 79.9.